The highest BCUT2D eigenvalue weighted by Crippen LogP contribution is 2.31. The summed E-state index contributed by atoms with van der Waals surface area (Å²) >= 11 is 0. The van der Waals surface area contributed by atoms with Gasteiger partial charge in [0.25, 0.3) is 5.91 Å². The van der Waals surface area contributed by atoms with Crippen molar-refractivity contribution in [2.75, 3.05) is 6.54 Å². The Morgan fingerprint density at radius 2 is 2.12 bits per heavy atom. The number of carbonyl (C=O) groups excluding carboxylic acids is 1. The first kappa shape index (κ1) is 19.2. The van der Waals surface area contributed by atoms with Crippen LogP contribution in [0.2, 0.25) is 0 Å². The molecule has 0 spiro atoms. The predicted octanol–water partition coefficient (Wildman–Crippen LogP) is 2.17. The maximum atomic E-state index is 12.7. The molecule has 25 heavy (non-hydrogen) atoms. The number of hydrogen-bond donors (Lipinski definition) is 2. The fraction of sp³-hybridized carbons (Fsp3) is 0.400. The maximum absolute atomic E-state index is 12.7. The molecule has 1 saturated carbocycles. The van der Waals surface area contributed by atoms with Gasteiger partial charge in [-0.15, -0.1) is 17.5 Å². The van der Waals surface area contributed by atoms with Crippen molar-refractivity contribution in [1.82, 2.24) is 20.3 Å². The second-order valence-corrected chi connectivity index (χ2v) is 5.81. The summed E-state index contributed by atoms with van der Waals surface area (Å²) in [4.78, 5) is 12.0. The van der Waals surface area contributed by atoms with E-state index in [9.17, 15) is 18.0 Å². The Kier molecular flexibility index (Phi) is 5.69. The van der Waals surface area contributed by atoms with E-state index in [4.69, 9.17) is 5.73 Å². The molecule has 3 N–H and O–H groups in total. The fourth-order valence-electron chi connectivity index (χ4n) is 2.31. The Balaban J connectivity index is 0.00000225. The Morgan fingerprint density at radius 1 is 1.40 bits per heavy atom. The number of nitrogens with one attached hydrogen (secondary N) is 1. The van der Waals surface area contributed by atoms with Gasteiger partial charge >= 0.3 is 6.18 Å². The lowest BCUT2D eigenvalue weighted by Crippen LogP contribution is -2.38. The van der Waals surface area contributed by atoms with Crippen LogP contribution in [0.4, 0.5) is 13.2 Å². The number of halogens is 4. The minimum absolute atomic E-state index is 0. The second-order valence-electron chi connectivity index (χ2n) is 5.81. The largest absolute Gasteiger partial charge is 0.416 e. The van der Waals surface area contributed by atoms with Crippen molar-refractivity contribution in [2.45, 2.75) is 25.1 Å². The molecule has 1 fully saturated rings. The van der Waals surface area contributed by atoms with Gasteiger partial charge < -0.3 is 11.1 Å². The molecule has 1 aromatic carbocycles. The van der Waals surface area contributed by atoms with Gasteiger partial charge in [-0.2, -0.15) is 13.2 Å². The summed E-state index contributed by atoms with van der Waals surface area (Å²) < 4.78 is 39.4. The van der Waals surface area contributed by atoms with Gasteiger partial charge in [-0.25, -0.2) is 4.68 Å². The van der Waals surface area contributed by atoms with Crippen LogP contribution in [-0.4, -0.2) is 33.5 Å². The molecule has 1 unspecified atom stereocenters. The molecular weight excluding hydrogens is 359 g/mol. The second kappa shape index (κ2) is 7.40. The van der Waals surface area contributed by atoms with Crippen LogP contribution in [0.3, 0.4) is 0 Å². The van der Waals surface area contributed by atoms with Crippen molar-refractivity contribution < 1.29 is 18.0 Å². The number of rotatable bonds is 5. The summed E-state index contributed by atoms with van der Waals surface area (Å²) in [7, 11) is 0. The number of benzene rings is 1. The monoisotopic (exact) mass is 375 g/mol. The molecule has 2 aromatic rings. The minimum Gasteiger partial charge on any atom is -0.349 e. The molecule has 1 aliphatic rings. The molecular formula is C15H17ClF3N5O. The van der Waals surface area contributed by atoms with E-state index in [0.717, 1.165) is 29.7 Å². The van der Waals surface area contributed by atoms with E-state index >= 15 is 0 Å². The summed E-state index contributed by atoms with van der Waals surface area (Å²) in [5.41, 5.74) is 5.30. The molecule has 3 rings (SSSR count). The van der Waals surface area contributed by atoms with Crippen LogP contribution in [-0.2, 0) is 6.18 Å². The van der Waals surface area contributed by atoms with Crippen molar-refractivity contribution in [3.63, 3.8) is 0 Å². The third kappa shape index (κ3) is 4.70. The zero-order valence-electron chi connectivity index (χ0n) is 13.0. The van der Waals surface area contributed by atoms with Crippen molar-refractivity contribution in [2.24, 2.45) is 11.7 Å². The van der Waals surface area contributed by atoms with E-state index in [1.807, 2.05) is 0 Å². The minimum atomic E-state index is -4.45. The molecule has 0 aliphatic heterocycles. The molecule has 10 heteroatoms. The number of hydrogen-bond acceptors (Lipinski definition) is 4. The van der Waals surface area contributed by atoms with Gasteiger partial charge in [0, 0.05) is 12.6 Å². The van der Waals surface area contributed by atoms with E-state index in [1.165, 1.54) is 18.3 Å². The van der Waals surface area contributed by atoms with E-state index < -0.39 is 17.6 Å². The van der Waals surface area contributed by atoms with Gasteiger partial charge in [0.15, 0.2) is 5.69 Å². The molecule has 1 amide bonds. The standard InChI is InChI=1S/C15H16F3N5O.ClH/c16-15(17,18)10-2-1-3-11(6-10)23-8-13(21-22-23)14(24)20-7-12(19)9-4-5-9;/h1-3,6,8-9,12H,4-5,7,19H2,(H,20,24);1H. The quantitative estimate of drug-likeness (QED) is 0.838. The first-order valence-electron chi connectivity index (χ1n) is 7.48. The Hall–Kier alpha value is -2.13. The van der Waals surface area contributed by atoms with Gasteiger partial charge in [-0.05, 0) is 37.0 Å². The van der Waals surface area contributed by atoms with Crippen LogP contribution in [0.25, 0.3) is 5.69 Å². The Labute approximate surface area is 148 Å². The highest BCUT2D eigenvalue weighted by atomic mass is 35.5. The highest BCUT2D eigenvalue weighted by Gasteiger charge is 2.31. The molecule has 1 atom stereocenters. The first-order valence-corrected chi connectivity index (χ1v) is 7.48. The molecule has 0 radical (unpaired) electrons. The molecule has 1 aliphatic carbocycles. The predicted molar refractivity (Wildman–Crippen MR) is 86.6 cm³/mol. The van der Waals surface area contributed by atoms with Gasteiger partial charge in [0.05, 0.1) is 17.4 Å². The molecule has 1 heterocycles. The van der Waals surface area contributed by atoms with E-state index in [-0.39, 0.29) is 29.8 Å². The summed E-state index contributed by atoms with van der Waals surface area (Å²) in [6.07, 6.45) is -1.02. The third-order valence-corrected chi connectivity index (χ3v) is 3.89. The fourth-order valence-corrected chi connectivity index (χ4v) is 2.31. The number of nitrogens with two attached hydrogens (primary N) is 1. The van der Waals surface area contributed by atoms with Crippen molar-refractivity contribution in [3.8, 4) is 5.69 Å². The zero-order valence-corrected chi connectivity index (χ0v) is 13.8. The van der Waals surface area contributed by atoms with Crippen LogP contribution >= 0.6 is 12.4 Å². The summed E-state index contributed by atoms with van der Waals surface area (Å²) in [6.45, 7) is 0.333. The average Bonchev–Trinajstić information content (AvgIpc) is 3.28. The van der Waals surface area contributed by atoms with Gasteiger partial charge in [-0.1, -0.05) is 11.3 Å². The van der Waals surface area contributed by atoms with E-state index in [1.54, 1.807) is 0 Å². The van der Waals surface area contributed by atoms with Crippen LogP contribution < -0.4 is 11.1 Å². The number of carbonyl (C=O) groups is 1. The van der Waals surface area contributed by atoms with Crippen molar-refractivity contribution in [1.29, 1.82) is 0 Å². The molecule has 6 nitrogen and oxygen atoms in total. The first-order chi connectivity index (χ1) is 11.3. The van der Waals surface area contributed by atoms with Crippen LogP contribution in [0.1, 0.15) is 28.9 Å². The van der Waals surface area contributed by atoms with Gasteiger partial charge in [0.2, 0.25) is 0 Å². The topological polar surface area (TPSA) is 85.8 Å². The zero-order chi connectivity index (χ0) is 17.3. The number of aromatic nitrogens is 3. The average molecular weight is 376 g/mol. The lowest BCUT2D eigenvalue weighted by molar-refractivity contribution is -0.137. The summed E-state index contributed by atoms with van der Waals surface area (Å²) in [5.74, 6) is -0.00424. The highest BCUT2D eigenvalue weighted by molar-refractivity contribution is 5.91. The third-order valence-electron chi connectivity index (χ3n) is 3.89. The maximum Gasteiger partial charge on any atom is 0.416 e. The summed E-state index contributed by atoms with van der Waals surface area (Å²) in [5, 5.41) is 10.1. The lowest BCUT2D eigenvalue weighted by atomic mass is 10.2. The smallest absolute Gasteiger partial charge is 0.349 e. The van der Waals surface area contributed by atoms with Gasteiger partial charge in [0.1, 0.15) is 0 Å². The Bertz CT molecular complexity index is 745. The molecule has 1 aromatic heterocycles. The number of alkyl halides is 3. The van der Waals surface area contributed by atoms with Crippen LogP contribution in [0.5, 0.6) is 0 Å². The molecule has 0 saturated heterocycles. The van der Waals surface area contributed by atoms with Crippen LogP contribution in [0.15, 0.2) is 30.5 Å². The lowest BCUT2D eigenvalue weighted by Gasteiger charge is -2.10. The van der Waals surface area contributed by atoms with Crippen molar-refractivity contribution >= 4 is 18.3 Å². The normalized spacial score (nSPS) is 15.4. The van der Waals surface area contributed by atoms with E-state index in [2.05, 4.69) is 15.6 Å². The van der Waals surface area contributed by atoms with E-state index in [0.29, 0.717) is 12.5 Å². The number of nitrogens with zero attached hydrogens (tertiary/aromatic N) is 3. The molecule has 136 valence electrons. The van der Waals surface area contributed by atoms with Crippen molar-refractivity contribution in [3.05, 3.63) is 41.7 Å². The SMILES string of the molecule is Cl.NC(CNC(=O)c1cn(-c2cccc(C(F)(F)F)c2)nn1)C1CC1. The number of amides is 1. The van der Waals surface area contributed by atoms with Crippen LogP contribution in [0, 0.1) is 5.92 Å². The summed E-state index contributed by atoms with van der Waals surface area (Å²) in [6, 6.07) is 4.54. The Morgan fingerprint density at radius 3 is 2.76 bits per heavy atom. The van der Waals surface area contributed by atoms with Gasteiger partial charge in [-0.3, -0.25) is 4.79 Å². The molecule has 0 bridgehead atoms.